The number of ether oxygens (including phenoxy) is 1. The van der Waals surface area contributed by atoms with E-state index < -0.39 is 11.6 Å². The fourth-order valence-corrected chi connectivity index (χ4v) is 1.51. The van der Waals surface area contributed by atoms with Crippen LogP contribution in [0.1, 0.15) is 36.5 Å². The highest BCUT2D eigenvalue weighted by molar-refractivity contribution is 5.99. The standard InChI is InChI=1S/C12H18N2O4/c1-7-5-8(10(13-7)11(16)17)14-9(15)6-12(2,3)18-4/h5,13H,6H2,1-4H3,(H,14,15)(H,16,17). The van der Waals surface area contributed by atoms with Crippen LogP contribution in [0, 0.1) is 6.92 Å². The van der Waals surface area contributed by atoms with Crippen LogP contribution in [0.5, 0.6) is 0 Å². The molecule has 100 valence electrons. The molecule has 0 aliphatic rings. The number of carboxylic acid groups (broad SMARTS) is 1. The number of carboxylic acids is 1. The number of nitrogens with one attached hydrogen (secondary N) is 2. The van der Waals surface area contributed by atoms with E-state index in [1.807, 2.05) is 0 Å². The third-order valence-corrected chi connectivity index (χ3v) is 2.58. The average molecular weight is 254 g/mol. The van der Waals surface area contributed by atoms with Gasteiger partial charge in [-0.1, -0.05) is 0 Å². The van der Waals surface area contributed by atoms with Gasteiger partial charge in [0, 0.05) is 12.8 Å². The first kappa shape index (κ1) is 14.2. The normalized spacial score (nSPS) is 11.3. The maximum atomic E-state index is 11.8. The summed E-state index contributed by atoms with van der Waals surface area (Å²) in [6.45, 7) is 5.29. The van der Waals surface area contributed by atoms with Gasteiger partial charge in [0.25, 0.3) is 0 Å². The maximum Gasteiger partial charge on any atom is 0.354 e. The van der Waals surface area contributed by atoms with Crippen LogP contribution in [-0.4, -0.2) is 34.7 Å². The summed E-state index contributed by atoms with van der Waals surface area (Å²) in [6, 6.07) is 1.58. The van der Waals surface area contributed by atoms with Gasteiger partial charge >= 0.3 is 5.97 Å². The smallest absolute Gasteiger partial charge is 0.354 e. The Labute approximate surface area is 105 Å². The SMILES string of the molecule is COC(C)(C)CC(=O)Nc1cc(C)[nH]c1C(=O)O. The first-order valence-corrected chi connectivity index (χ1v) is 5.53. The predicted octanol–water partition coefficient (Wildman–Crippen LogP) is 1.77. The fourth-order valence-electron chi connectivity index (χ4n) is 1.51. The first-order chi connectivity index (χ1) is 8.25. The van der Waals surface area contributed by atoms with Gasteiger partial charge in [0.2, 0.25) is 5.91 Å². The molecule has 1 aromatic heterocycles. The molecule has 1 amide bonds. The lowest BCUT2D eigenvalue weighted by Crippen LogP contribution is -2.29. The van der Waals surface area contributed by atoms with Crippen LogP contribution in [0.15, 0.2) is 6.07 Å². The quantitative estimate of drug-likeness (QED) is 0.746. The van der Waals surface area contributed by atoms with Crippen molar-refractivity contribution in [3.05, 3.63) is 17.5 Å². The molecule has 3 N–H and O–H groups in total. The van der Waals surface area contributed by atoms with Crippen molar-refractivity contribution in [2.75, 3.05) is 12.4 Å². The van der Waals surface area contributed by atoms with Gasteiger partial charge in [0.05, 0.1) is 17.7 Å². The molecule has 0 radical (unpaired) electrons. The first-order valence-electron chi connectivity index (χ1n) is 5.53. The van der Waals surface area contributed by atoms with E-state index in [9.17, 15) is 9.59 Å². The molecule has 6 nitrogen and oxygen atoms in total. The van der Waals surface area contributed by atoms with E-state index in [0.717, 1.165) is 0 Å². The van der Waals surface area contributed by atoms with E-state index in [2.05, 4.69) is 10.3 Å². The minimum atomic E-state index is -1.11. The highest BCUT2D eigenvalue weighted by Gasteiger charge is 2.23. The summed E-state index contributed by atoms with van der Waals surface area (Å²) in [7, 11) is 1.52. The average Bonchev–Trinajstić information content (AvgIpc) is 2.58. The number of H-pyrrole nitrogens is 1. The van der Waals surface area contributed by atoms with Crippen molar-refractivity contribution >= 4 is 17.6 Å². The molecular formula is C12H18N2O4. The number of anilines is 1. The van der Waals surface area contributed by atoms with E-state index in [1.54, 1.807) is 26.8 Å². The molecule has 1 aromatic rings. The number of methoxy groups -OCH3 is 1. The molecule has 0 unspecified atom stereocenters. The summed E-state index contributed by atoms with van der Waals surface area (Å²) in [6.07, 6.45) is 0.146. The number of aromatic nitrogens is 1. The van der Waals surface area contributed by atoms with E-state index in [-0.39, 0.29) is 23.7 Å². The Morgan fingerprint density at radius 3 is 2.61 bits per heavy atom. The number of amides is 1. The van der Waals surface area contributed by atoms with E-state index in [4.69, 9.17) is 9.84 Å². The highest BCUT2D eigenvalue weighted by atomic mass is 16.5. The van der Waals surface area contributed by atoms with Gasteiger partial charge in [-0.2, -0.15) is 0 Å². The molecule has 1 heterocycles. The van der Waals surface area contributed by atoms with Gasteiger partial charge in [0.15, 0.2) is 0 Å². The Hall–Kier alpha value is -1.82. The van der Waals surface area contributed by atoms with Crippen LogP contribution in [0.3, 0.4) is 0 Å². The number of hydrogen-bond donors (Lipinski definition) is 3. The van der Waals surface area contributed by atoms with E-state index >= 15 is 0 Å². The second-order valence-corrected chi connectivity index (χ2v) is 4.73. The summed E-state index contributed by atoms with van der Waals surface area (Å²) >= 11 is 0. The largest absolute Gasteiger partial charge is 0.477 e. The number of carbonyl (C=O) groups excluding carboxylic acids is 1. The summed E-state index contributed by atoms with van der Waals surface area (Å²) in [5.41, 5.74) is 0.348. The Morgan fingerprint density at radius 2 is 2.11 bits per heavy atom. The molecule has 0 fully saturated rings. The monoisotopic (exact) mass is 254 g/mol. The lowest BCUT2D eigenvalue weighted by atomic mass is 10.0. The summed E-state index contributed by atoms with van der Waals surface area (Å²) < 4.78 is 5.14. The minimum Gasteiger partial charge on any atom is -0.477 e. The van der Waals surface area contributed by atoms with Crippen LogP contribution in [0.25, 0.3) is 0 Å². The van der Waals surface area contributed by atoms with Crippen LogP contribution < -0.4 is 5.32 Å². The molecule has 18 heavy (non-hydrogen) atoms. The molecule has 0 saturated carbocycles. The molecule has 0 atom stereocenters. The van der Waals surface area contributed by atoms with Crippen molar-refractivity contribution in [3.63, 3.8) is 0 Å². The van der Waals surface area contributed by atoms with Gasteiger partial charge < -0.3 is 20.1 Å². The van der Waals surface area contributed by atoms with Crippen LogP contribution >= 0.6 is 0 Å². The van der Waals surface area contributed by atoms with Crippen LogP contribution in [-0.2, 0) is 9.53 Å². The molecule has 0 aliphatic carbocycles. The zero-order chi connectivity index (χ0) is 13.9. The zero-order valence-corrected chi connectivity index (χ0v) is 11.0. The van der Waals surface area contributed by atoms with Gasteiger partial charge in [0.1, 0.15) is 5.69 Å². The lowest BCUT2D eigenvalue weighted by molar-refractivity contribution is -0.121. The molecule has 0 saturated heterocycles. The number of aromatic carboxylic acids is 1. The summed E-state index contributed by atoms with van der Waals surface area (Å²) in [5.74, 6) is -1.40. The second-order valence-electron chi connectivity index (χ2n) is 4.73. The fraction of sp³-hybridized carbons (Fsp3) is 0.500. The zero-order valence-electron chi connectivity index (χ0n) is 11.0. The summed E-state index contributed by atoms with van der Waals surface area (Å²) in [5, 5.41) is 11.5. The number of aryl methyl sites for hydroxylation is 1. The second kappa shape index (κ2) is 5.22. The maximum absolute atomic E-state index is 11.8. The molecule has 0 aromatic carbocycles. The van der Waals surface area contributed by atoms with Crippen molar-refractivity contribution in [1.29, 1.82) is 0 Å². The number of rotatable bonds is 5. The molecule has 0 spiro atoms. The van der Waals surface area contributed by atoms with Gasteiger partial charge in [-0.3, -0.25) is 4.79 Å². The number of aromatic amines is 1. The number of carbonyl (C=O) groups is 2. The third-order valence-electron chi connectivity index (χ3n) is 2.58. The Kier molecular flexibility index (Phi) is 4.13. The summed E-state index contributed by atoms with van der Waals surface area (Å²) in [4.78, 5) is 25.4. The molecule has 0 bridgehead atoms. The van der Waals surface area contributed by atoms with Crippen molar-refractivity contribution < 1.29 is 19.4 Å². The Morgan fingerprint density at radius 1 is 1.50 bits per heavy atom. The van der Waals surface area contributed by atoms with Crippen LogP contribution in [0.4, 0.5) is 5.69 Å². The van der Waals surface area contributed by atoms with Gasteiger partial charge in [-0.05, 0) is 26.8 Å². The van der Waals surface area contributed by atoms with Crippen molar-refractivity contribution in [2.24, 2.45) is 0 Å². The molecular weight excluding hydrogens is 236 g/mol. The minimum absolute atomic E-state index is 0.0175. The topological polar surface area (TPSA) is 91.4 Å². The Bertz CT molecular complexity index is 463. The van der Waals surface area contributed by atoms with E-state index in [0.29, 0.717) is 5.69 Å². The Balaban J connectivity index is 2.79. The number of hydrogen-bond acceptors (Lipinski definition) is 3. The highest BCUT2D eigenvalue weighted by Crippen LogP contribution is 2.19. The molecule has 6 heteroatoms. The third kappa shape index (κ3) is 3.59. The van der Waals surface area contributed by atoms with Crippen molar-refractivity contribution in [3.8, 4) is 0 Å². The lowest BCUT2D eigenvalue weighted by Gasteiger charge is -2.21. The van der Waals surface area contributed by atoms with Gasteiger partial charge in [-0.15, -0.1) is 0 Å². The van der Waals surface area contributed by atoms with Crippen molar-refractivity contribution in [2.45, 2.75) is 32.8 Å². The van der Waals surface area contributed by atoms with Gasteiger partial charge in [-0.25, -0.2) is 4.79 Å². The molecule has 1 rings (SSSR count). The van der Waals surface area contributed by atoms with E-state index in [1.165, 1.54) is 7.11 Å². The van der Waals surface area contributed by atoms with Crippen molar-refractivity contribution in [1.82, 2.24) is 4.98 Å². The molecule has 0 aliphatic heterocycles. The van der Waals surface area contributed by atoms with Crippen LogP contribution in [0.2, 0.25) is 0 Å². The predicted molar refractivity (Wildman–Crippen MR) is 66.8 cm³/mol.